The second kappa shape index (κ2) is 7.28. The second-order valence-corrected chi connectivity index (χ2v) is 4.91. The molecule has 0 saturated carbocycles. The fourth-order valence-electron chi connectivity index (χ4n) is 1.96. The van der Waals surface area contributed by atoms with Crippen LogP contribution in [0.3, 0.4) is 0 Å². The number of carbonyl (C=O) groups excluding carboxylic acids is 1. The summed E-state index contributed by atoms with van der Waals surface area (Å²) < 4.78 is 13.0. The van der Waals surface area contributed by atoms with Gasteiger partial charge in [0.15, 0.2) is 0 Å². The predicted molar refractivity (Wildman–Crippen MR) is 86.4 cm³/mol. The molecule has 0 aliphatic carbocycles. The van der Waals surface area contributed by atoms with Gasteiger partial charge in [-0.1, -0.05) is 30.0 Å². The Morgan fingerprint density at radius 3 is 2.68 bits per heavy atom. The standard InChI is InChI=1S/C18H17FN2O/c1-21(2)17-11-4-3-7-14(17)9-6-12-20-18(22)15-8-5-10-16(19)13-15/h3-5,7-8,10-11,13H,12H2,1-2H3,(H,20,22). The molecule has 2 aromatic rings. The Labute approximate surface area is 129 Å². The minimum atomic E-state index is -0.432. The van der Waals surface area contributed by atoms with Crippen LogP contribution in [0.2, 0.25) is 0 Å². The van der Waals surface area contributed by atoms with Crippen LogP contribution in [0.5, 0.6) is 0 Å². The number of benzene rings is 2. The zero-order valence-electron chi connectivity index (χ0n) is 12.6. The number of carbonyl (C=O) groups is 1. The topological polar surface area (TPSA) is 32.3 Å². The van der Waals surface area contributed by atoms with Crippen LogP contribution in [0.25, 0.3) is 0 Å². The lowest BCUT2D eigenvalue weighted by atomic mass is 10.1. The van der Waals surface area contributed by atoms with Gasteiger partial charge in [-0.15, -0.1) is 0 Å². The first-order valence-corrected chi connectivity index (χ1v) is 6.87. The summed E-state index contributed by atoms with van der Waals surface area (Å²) in [6.07, 6.45) is 0. The first kappa shape index (κ1) is 15.6. The third-order valence-corrected chi connectivity index (χ3v) is 3.03. The molecule has 2 aromatic carbocycles. The highest BCUT2D eigenvalue weighted by atomic mass is 19.1. The Bertz CT molecular complexity index is 729. The van der Waals surface area contributed by atoms with E-state index in [4.69, 9.17) is 0 Å². The number of para-hydroxylation sites is 1. The minimum absolute atomic E-state index is 0.205. The van der Waals surface area contributed by atoms with Gasteiger partial charge in [0, 0.05) is 25.2 Å². The van der Waals surface area contributed by atoms with E-state index >= 15 is 0 Å². The number of rotatable bonds is 3. The zero-order valence-corrected chi connectivity index (χ0v) is 12.6. The number of nitrogens with one attached hydrogen (secondary N) is 1. The molecule has 2 rings (SSSR count). The lowest BCUT2D eigenvalue weighted by Crippen LogP contribution is -2.23. The molecule has 0 aromatic heterocycles. The number of nitrogens with zero attached hydrogens (tertiary/aromatic N) is 1. The summed E-state index contributed by atoms with van der Waals surface area (Å²) in [4.78, 5) is 13.8. The van der Waals surface area contributed by atoms with E-state index in [0.717, 1.165) is 11.3 Å². The fraction of sp³-hybridized carbons (Fsp3) is 0.167. The van der Waals surface area contributed by atoms with Crippen LogP contribution in [0.4, 0.5) is 10.1 Å². The van der Waals surface area contributed by atoms with Crippen LogP contribution in [0.1, 0.15) is 15.9 Å². The largest absolute Gasteiger partial charge is 0.377 e. The lowest BCUT2D eigenvalue weighted by molar-refractivity contribution is 0.0958. The zero-order chi connectivity index (χ0) is 15.9. The van der Waals surface area contributed by atoms with Gasteiger partial charge in [0.2, 0.25) is 0 Å². The Balaban J connectivity index is 1.99. The highest BCUT2D eigenvalue weighted by Crippen LogP contribution is 2.16. The molecule has 0 heterocycles. The van der Waals surface area contributed by atoms with Crippen molar-refractivity contribution in [1.29, 1.82) is 0 Å². The Morgan fingerprint density at radius 2 is 1.95 bits per heavy atom. The van der Waals surface area contributed by atoms with Crippen LogP contribution in [-0.2, 0) is 0 Å². The normalized spacial score (nSPS) is 9.59. The van der Waals surface area contributed by atoms with E-state index in [1.165, 1.54) is 18.2 Å². The molecule has 3 nitrogen and oxygen atoms in total. The van der Waals surface area contributed by atoms with Gasteiger partial charge in [-0.3, -0.25) is 4.79 Å². The van der Waals surface area contributed by atoms with Gasteiger partial charge in [-0.25, -0.2) is 4.39 Å². The lowest BCUT2D eigenvalue weighted by Gasteiger charge is -2.13. The summed E-state index contributed by atoms with van der Waals surface area (Å²) in [6, 6.07) is 13.3. The second-order valence-electron chi connectivity index (χ2n) is 4.91. The van der Waals surface area contributed by atoms with Gasteiger partial charge in [0.25, 0.3) is 5.91 Å². The maximum Gasteiger partial charge on any atom is 0.252 e. The molecule has 0 saturated heterocycles. The smallest absolute Gasteiger partial charge is 0.252 e. The van der Waals surface area contributed by atoms with E-state index in [-0.39, 0.29) is 18.0 Å². The van der Waals surface area contributed by atoms with Crippen LogP contribution in [-0.4, -0.2) is 26.5 Å². The van der Waals surface area contributed by atoms with Gasteiger partial charge in [0.05, 0.1) is 12.2 Å². The SMILES string of the molecule is CN(C)c1ccccc1C#CCNC(=O)c1cccc(F)c1. The highest BCUT2D eigenvalue weighted by molar-refractivity contribution is 5.94. The van der Waals surface area contributed by atoms with Gasteiger partial charge < -0.3 is 10.2 Å². The van der Waals surface area contributed by atoms with Crippen molar-refractivity contribution < 1.29 is 9.18 Å². The van der Waals surface area contributed by atoms with E-state index in [1.807, 2.05) is 43.3 Å². The van der Waals surface area contributed by atoms with Crippen molar-refractivity contribution in [2.45, 2.75) is 0 Å². The van der Waals surface area contributed by atoms with E-state index in [2.05, 4.69) is 17.2 Å². The first-order chi connectivity index (χ1) is 10.6. The number of amides is 1. The summed E-state index contributed by atoms with van der Waals surface area (Å²) in [5.74, 6) is 5.17. The number of hydrogen-bond acceptors (Lipinski definition) is 2. The molecule has 0 unspecified atom stereocenters. The molecule has 0 radical (unpaired) electrons. The van der Waals surface area contributed by atoms with Crippen LogP contribution < -0.4 is 10.2 Å². The van der Waals surface area contributed by atoms with Crippen molar-refractivity contribution in [3.8, 4) is 11.8 Å². The van der Waals surface area contributed by atoms with Gasteiger partial charge in [0.1, 0.15) is 5.82 Å². The summed E-state index contributed by atoms with van der Waals surface area (Å²) in [5.41, 5.74) is 2.20. The predicted octanol–water partition coefficient (Wildman–Crippen LogP) is 2.67. The number of anilines is 1. The molecule has 0 atom stereocenters. The molecule has 1 amide bonds. The molecule has 0 aliphatic heterocycles. The van der Waals surface area contributed by atoms with Crippen molar-refractivity contribution in [2.24, 2.45) is 0 Å². The molecule has 4 heteroatoms. The molecular formula is C18H17FN2O. The maximum absolute atomic E-state index is 13.0. The summed E-state index contributed by atoms with van der Waals surface area (Å²) >= 11 is 0. The van der Waals surface area contributed by atoms with Gasteiger partial charge >= 0.3 is 0 Å². The van der Waals surface area contributed by atoms with Crippen molar-refractivity contribution in [3.05, 3.63) is 65.5 Å². The Morgan fingerprint density at radius 1 is 1.18 bits per heavy atom. The van der Waals surface area contributed by atoms with E-state index in [1.54, 1.807) is 6.07 Å². The van der Waals surface area contributed by atoms with Crippen LogP contribution in [0.15, 0.2) is 48.5 Å². The van der Waals surface area contributed by atoms with E-state index in [0.29, 0.717) is 0 Å². The van der Waals surface area contributed by atoms with Crippen LogP contribution in [0, 0.1) is 17.7 Å². The van der Waals surface area contributed by atoms with E-state index < -0.39 is 5.82 Å². The Hall–Kier alpha value is -2.80. The quantitative estimate of drug-likeness (QED) is 0.883. The summed E-state index contributed by atoms with van der Waals surface area (Å²) in [6.45, 7) is 0.205. The average molecular weight is 296 g/mol. The molecule has 112 valence electrons. The minimum Gasteiger partial charge on any atom is -0.377 e. The van der Waals surface area contributed by atoms with Crippen molar-refractivity contribution in [1.82, 2.24) is 5.32 Å². The maximum atomic E-state index is 13.0. The van der Waals surface area contributed by atoms with Gasteiger partial charge in [-0.05, 0) is 30.3 Å². The highest BCUT2D eigenvalue weighted by Gasteiger charge is 2.04. The van der Waals surface area contributed by atoms with E-state index in [9.17, 15) is 9.18 Å². The van der Waals surface area contributed by atoms with Crippen LogP contribution >= 0.6 is 0 Å². The Kier molecular flexibility index (Phi) is 5.16. The summed E-state index contributed by atoms with van der Waals surface area (Å²) in [7, 11) is 3.90. The van der Waals surface area contributed by atoms with Gasteiger partial charge in [-0.2, -0.15) is 0 Å². The monoisotopic (exact) mass is 296 g/mol. The summed E-state index contributed by atoms with van der Waals surface area (Å²) in [5, 5.41) is 2.65. The third kappa shape index (κ3) is 4.10. The first-order valence-electron chi connectivity index (χ1n) is 6.87. The molecule has 0 spiro atoms. The molecule has 1 N–H and O–H groups in total. The molecule has 0 aliphatic rings. The average Bonchev–Trinajstić information content (AvgIpc) is 2.51. The van der Waals surface area contributed by atoms with Crippen molar-refractivity contribution in [3.63, 3.8) is 0 Å². The third-order valence-electron chi connectivity index (χ3n) is 3.03. The molecule has 22 heavy (non-hydrogen) atoms. The van der Waals surface area contributed by atoms with Crippen molar-refractivity contribution in [2.75, 3.05) is 25.5 Å². The number of halogens is 1. The molecular weight excluding hydrogens is 279 g/mol. The molecule has 0 fully saturated rings. The van der Waals surface area contributed by atoms with Crippen molar-refractivity contribution >= 4 is 11.6 Å². The fourth-order valence-corrected chi connectivity index (χ4v) is 1.96. The number of hydrogen-bond donors (Lipinski definition) is 1. The molecule has 0 bridgehead atoms.